The lowest BCUT2D eigenvalue weighted by molar-refractivity contribution is -0.304. The number of phenols is 1. The molecule has 16 nitrogen and oxygen atoms in total. The highest BCUT2D eigenvalue weighted by molar-refractivity contribution is 5.79. The van der Waals surface area contributed by atoms with Crippen LogP contribution in [0.2, 0.25) is 0 Å². The number of nitrogens with zero attached hydrogens (tertiary/aromatic N) is 3. The minimum atomic E-state index is -1.59. The molecular weight excluding hydrogens is 610 g/mol. The Morgan fingerprint density at radius 3 is 2.33 bits per heavy atom. The minimum Gasteiger partial charge on any atom is -0.502 e. The number of rotatable bonds is 8. The summed E-state index contributed by atoms with van der Waals surface area (Å²) < 4.78 is 40.6. The van der Waals surface area contributed by atoms with Gasteiger partial charge in [0, 0.05) is 11.8 Å². The van der Waals surface area contributed by atoms with Crippen molar-refractivity contribution in [1.82, 2.24) is 15.0 Å². The second-order valence-electron chi connectivity index (χ2n) is 11.5. The molecule has 2 fully saturated rings. The number of carbonyl (C=O) groups excluding carboxylic acids is 1. The number of hydrogen-bond donors (Lipinski definition) is 5. The van der Waals surface area contributed by atoms with Gasteiger partial charge in [-0.25, -0.2) is 4.68 Å². The lowest BCUT2D eigenvalue weighted by Crippen LogP contribution is -2.59. The van der Waals surface area contributed by atoms with Gasteiger partial charge in [0.2, 0.25) is 12.5 Å². The summed E-state index contributed by atoms with van der Waals surface area (Å²) in [7, 11) is 2.86. The van der Waals surface area contributed by atoms with Gasteiger partial charge >= 0.3 is 5.97 Å². The lowest BCUT2D eigenvalue weighted by atomic mass is 9.65. The maximum atomic E-state index is 13.5. The van der Waals surface area contributed by atoms with Crippen LogP contribution in [0.1, 0.15) is 34.3 Å². The Morgan fingerprint density at radius 1 is 0.957 bits per heavy atom. The molecule has 3 aliphatic heterocycles. The quantitative estimate of drug-likeness (QED) is 0.197. The predicted octanol–water partition coefficient (Wildman–Crippen LogP) is -0.430. The van der Waals surface area contributed by atoms with Gasteiger partial charge in [0.1, 0.15) is 30.1 Å². The van der Waals surface area contributed by atoms with E-state index in [4.69, 9.17) is 33.2 Å². The molecule has 0 saturated carbocycles. The fourth-order valence-electron chi connectivity index (χ4n) is 6.85. The molecule has 246 valence electrons. The Bertz CT molecular complexity index is 1600. The number of benzene rings is 2. The van der Waals surface area contributed by atoms with Crippen LogP contribution < -0.4 is 18.9 Å². The summed E-state index contributed by atoms with van der Waals surface area (Å²) >= 11 is 0. The molecule has 9 atom stereocenters. The van der Waals surface area contributed by atoms with Gasteiger partial charge in [0.15, 0.2) is 29.3 Å². The zero-order valence-corrected chi connectivity index (χ0v) is 24.8. The van der Waals surface area contributed by atoms with Crippen LogP contribution in [0.3, 0.4) is 0 Å². The van der Waals surface area contributed by atoms with Gasteiger partial charge in [0.25, 0.3) is 0 Å². The van der Waals surface area contributed by atoms with Crippen LogP contribution in [0.25, 0.3) is 0 Å². The number of hydrogen-bond acceptors (Lipinski definition) is 15. The number of phenolic OH excluding ortho intramolecular Hbond substituents is 1. The van der Waals surface area contributed by atoms with Crippen molar-refractivity contribution in [2.24, 2.45) is 11.8 Å². The van der Waals surface area contributed by atoms with Crippen molar-refractivity contribution in [2.75, 3.05) is 34.2 Å². The van der Waals surface area contributed by atoms with E-state index in [2.05, 4.69) is 10.3 Å². The number of carbonyl (C=O) groups is 1. The van der Waals surface area contributed by atoms with E-state index in [-0.39, 0.29) is 37.3 Å². The maximum Gasteiger partial charge on any atom is 0.310 e. The van der Waals surface area contributed by atoms with Gasteiger partial charge < -0.3 is 58.7 Å². The Morgan fingerprint density at radius 2 is 1.65 bits per heavy atom. The van der Waals surface area contributed by atoms with E-state index in [0.717, 1.165) is 11.1 Å². The van der Waals surface area contributed by atoms with Gasteiger partial charge in [-0.2, -0.15) is 0 Å². The largest absolute Gasteiger partial charge is 0.502 e. The Hall–Kier alpha value is -4.19. The van der Waals surface area contributed by atoms with E-state index >= 15 is 0 Å². The maximum absolute atomic E-state index is 13.5. The molecular formula is C30H33N3O13. The smallest absolute Gasteiger partial charge is 0.310 e. The molecule has 16 heteroatoms. The van der Waals surface area contributed by atoms with Crippen molar-refractivity contribution >= 4 is 5.97 Å². The number of aliphatic hydroxyl groups excluding tert-OH is 4. The monoisotopic (exact) mass is 643 g/mol. The van der Waals surface area contributed by atoms with Crippen molar-refractivity contribution in [3.63, 3.8) is 0 Å². The van der Waals surface area contributed by atoms with Crippen molar-refractivity contribution in [2.45, 2.75) is 49.3 Å². The average Bonchev–Trinajstić information content (AvgIpc) is 3.82. The van der Waals surface area contributed by atoms with Crippen LogP contribution in [-0.2, 0) is 25.6 Å². The van der Waals surface area contributed by atoms with E-state index in [1.807, 2.05) is 12.1 Å². The van der Waals surface area contributed by atoms with Crippen molar-refractivity contribution in [1.29, 1.82) is 0 Å². The van der Waals surface area contributed by atoms with E-state index in [1.54, 1.807) is 23.0 Å². The lowest BCUT2D eigenvalue weighted by Gasteiger charge is -2.39. The topological polar surface area (TPSA) is 214 Å². The summed E-state index contributed by atoms with van der Waals surface area (Å²) in [5.74, 6) is -0.784. The molecule has 2 saturated heterocycles. The normalized spacial score (nSPS) is 31.3. The molecule has 0 bridgehead atoms. The summed E-state index contributed by atoms with van der Waals surface area (Å²) in [6, 6.07) is 6.50. The fraction of sp³-hybridized carbons (Fsp3) is 0.500. The zero-order chi connectivity index (χ0) is 32.3. The number of methoxy groups -OCH3 is 2. The SMILES string of the molecule is COc1cc([C@@H]2c3cc4c(cc3[C@@H](n3cc(CO[C@@H]5O[C@H](CO)[C@@H](O)[C@H](O)[C@@H]5O)nn3)[C@H]3COC(=O)[C@H]23)OCO4)cc(OC)c1O. The zero-order valence-electron chi connectivity index (χ0n) is 24.8. The number of cyclic esters (lactones) is 1. The summed E-state index contributed by atoms with van der Waals surface area (Å²) in [5, 5.41) is 59.1. The Labute approximate surface area is 261 Å². The molecule has 0 amide bonds. The van der Waals surface area contributed by atoms with Crippen LogP contribution in [0, 0.1) is 11.8 Å². The van der Waals surface area contributed by atoms with E-state index < -0.39 is 67.1 Å². The predicted molar refractivity (Wildman–Crippen MR) is 150 cm³/mol. The number of aromatic hydroxyl groups is 1. The first-order valence-electron chi connectivity index (χ1n) is 14.6. The first kappa shape index (κ1) is 30.5. The molecule has 46 heavy (non-hydrogen) atoms. The highest BCUT2D eigenvalue weighted by Crippen LogP contribution is 2.56. The number of aliphatic hydroxyl groups is 4. The molecule has 1 aromatic heterocycles. The molecule has 0 radical (unpaired) electrons. The second-order valence-corrected chi connectivity index (χ2v) is 11.5. The van der Waals surface area contributed by atoms with Crippen molar-refractivity contribution in [3.05, 3.63) is 52.8 Å². The molecule has 1 aliphatic carbocycles. The van der Waals surface area contributed by atoms with Crippen LogP contribution in [0.15, 0.2) is 30.5 Å². The highest BCUT2D eigenvalue weighted by Gasteiger charge is 2.54. The van der Waals surface area contributed by atoms with Gasteiger partial charge in [-0.05, 0) is 41.0 Å². The van der Waals surface area contributed by atoms with Crippen LogP contribution >= 0.6 is 0 Å². The van der Waals surface area contributed by atoms with Gasteiger partial charge in [-0.3, -0.25) is 4.79 Å². The van der Waals surface area contributed by atoms with Crippen molar-refractivity contribution < 1.29 is 63.5 Å². The van der Waals surface area contributed by atoms with Gasteiger partial charge in [-0.15, -0.1) is 5.10 Å². The second kappa shape index (κ2) is 11.9. The summed E-state index contributed by atoms with van der Waals surface area (Å²) in [4.78, 5) is 13.5. The Kier molecular flexibility index (Phi) is 7.86. The van der Waals surface area contributed by atoms with E-state index in [0.29, 0.717) is 22.8 Å². The highest BCUT2D eigenvalue weighted by atomic mass is 16.7. The van der Waals surface area contributed by atoms with E-state index in [1.165, 1.54) is 14.2 Å². The first-order chi connectivity index (χ1) is 22.2. The molecule has 2 aromatic carbocycles. The third-order valence-corrected chi connectivity index (χ3v) is 9.10. The van der Waals surface area contributed by atoms with Gasteiger partial charge in [0.05, 0.1) is 52.2 Å². The fourth-order valence-corrected chi connectivity index (χ4v) is 6.85. The molecule has 5 N–H and O–H groups in total. The Balaban J connectivity index is 1.25. The molecule has 0 spiro atoms. The molecule has 7 rings (SSSR count). The van der Waals surface area contributed by atoms with Crippen LogP contribution in [0.4, 0.5) is 0 Å². The summed E-state index contributed by atoms with van der Waals surface area (Å²) in [6.07, 6.45) is -5.50. The number of aromatic nitrogens is 3. The number of fused-ring (bicyclic) bond motifs is 3. The van der Waals surface area contributed by atoms with Crippen LogP contribution in [-0.4, -0.2) is 111 Å². The number of esters is 1. The van der Waals surface area contributed by atoms with Gasteiger partial charge in [-0.1, -0.05) is 5.21 Å². The average molecular weight is 644 g/mol. The summed E-state index contributed by atoms with van der Waals surface area (Å²) in [5.41, 5.74) is 2.53. The molecule has 4 heterocycles. The molecule has 0 unspecified atom stereocenters. The first-order valence-corrected chi connectivity index (χ1v) is 14.6. The standard InChI is InChI=1S/C30H33N3O13/c1-40-19-3-12(4-20(41-2)25(19)35)22-14-5-17-18(45-11-44-17)6-15(14)24(16-10-42-29(39)23(16)22)33-7-13(31-32-33)9-43-30-28(38)27(37)26(36)21(8-34)46-30/h3-7,16,21-24,26-28,30,34-38H,8-11H2,1-2H3/t16-,21+,22+,23-,24+,26+,27-,28-,30+/m0/s1. The summed E-state index contributed by atoms with van der Waals surface area (Å²) in [6.45, 7) is -0.648. The number of ether oxygens (including phenoxy) is 7. The van der Waals surface area contributed by atoms with Crippen molar-refractivity contribution in [3.8, 4) is 28.7 Å². The third kappa shape index (κ3) is 4.88. The van der Waals surface area contributed by atoms with E-state index in [9.17, 15) is 30.3 Å². The minimum absolute atomic E-state index is 0.0338. The molecule has 3 aromatic rings. The molecule has 4 aliphatic rings. The third-order valence-electron chi connectivity index (χ3n) is 9.10. The van der Waals surface area contributed by atoms with Crippen LogP contribution in [0.5, 0.6) is 28.7 Å².